The summed E-state index contributed by atoms with van der Waals surface area (Å²) in [5, 5.41) is 13.3. The van der Waals surface area contributed by atoms with Gasteiger partial charge in [0.05, 0.1) is 10.7 Å². The first kappa shape index (κ1) is 16.8. The summed E-state index contributed by atoms with van der Waals surface area (Å²) in [6, 6.07) is 15.8. The molecule has 0 aliphatic heterocycles. The van der Waals surface area contributed by atoms with Crippen molar-refractivity contribution < 1.29 is 9.72 Å². The van der Waals surface area contributed by atoms with Crippen molar-refractivity contribution in [1.82, 2.24) is 0 Å². The first-order chi connectivity index (χ1) is 11.1. The molecule has 0 radical (unpaired) electrons. The average molecular weight is 328 g/mol. The van der Waals surface area contributed by atoms with Gasteiger partial charge in [0.1, 0.15) is 0 Å². The van der Waals surface area contributed by atoms with Crippen molar-refractivity contribution in [3.8, 4) is 0 Å². The Morgan fingerprint density at radius 2 is 1.96 bits per heavy atom. The van der Waals surface area contributed by atoms with E-state index in [4.69, 9.17) is 0 Å². The largest absolute Gasteiger partial charge is 0.325 e. The van der Waals surface area contributed by atoms with Crippen molar-refractivity contribution in [3.05, 3.63) is 76.4 Å². The minimum Gasteiger partial charge on any atom is -0.325 e. The molecule has 1 amide bonds. The number of carbonyl (C=O) groups excluding carboxylic acids is 1. The summed E-state index contributed by atoms with van der Waals surface area (Å²) in [5.41, 5.74) is 1.51. The van der Waals surface area contributed by atoms with E-state index in [1.807, 2.05) is 42.5 Å². The van der Waals surface area contributed by atoms with E-state index in [2.05, 4.69) is 5.32 Å². The number of nitro groups is 1. The zero-order valence-electron chi connectivity index (χ0n) is 12.3. The summed E-state index contributed by atoms with van der Waals surface area (Å²) < 4.78 is 0. The molecule has 0 heterocycles. The van der Waals surface area contributed by atoms with Crippen LogP contribution in [0.1, 0.15) is 5.56 Å². The molecule has 2 rings (SSSR count). The molecule has 0 spiro atoms. The van der Waals surface area contributed by atoms with Gasteiger partial charge in [0, 0.05) is 23.6 Å². The maximum absolute atomic E-state index is 11.8. The highest BCUT2D eigenvalue weighted by molar-refractivity contribution is 8.00. The third-order valence-electron chi connectivity index (χ3n) is 2.90. The number of nitro benzene ring substituents is 1. The molecule has 0 aliphatic rings. The lowest BCUT2D eigenvalue weighted by Crippen LogP contribution is -2.14. The quantitative estimate of drug-likeness (QED) is 0.474. The zero-order valence-corrected chi connectivity index (χ0v) is 13.2. The fraction of sp³-hybridized carbons (Fsp3) is 0.118. The van der Waals surface area contributed by atoms with Crippen LogP contribution in [0.5, 0.6) is 0 Å². The fourth-order valence-corrected chi connectivity index (χ4v) is 2.47. The van der Waals surface area contributed by atoms with E-state index in [0.29, 0.717) is 11.4 Å². The zero-order chi connectivity index (χ0) is 16.5. The predicted octanol–water partition coefficient (Wildman–Crippen LogP) is 3.98. The van der Waals surface area contributed by atoms with Crippen molar-refractivity contribution in [2.45, 2.75) is 0 Å². The number of benzene rings is 2. The highest BCUT2D eigenvalue weighted by atomic mass is 32.2. The van der Waals surface area contributed by atoms with E-state index < -0.39 is 4.92 Å². The van der Waals surface area contributed by atoms with Gasteiger partial charge in [0.25, 0.3) is 5.69 Å². The summed E-state index contributed by atoms with van der Waals surface area (Å²) in [7, 11) is 0. The fourth-order valence-electron chi connectivity index (χ4n) is 1.86. The number of anilines is 1. The molecule has 5 nitrogen and oxygen atoms in total. The van der Waals surface area contributed by atoms with Crippen LogP contribution >= 0.6 is 11.8 Å². The first-order valence-electron chi connectivity index (χ1n) is 6.99. The summed E-state index contributed by atoms with van der Waals surface area (Å²) in [6.45, 7) is 0. The van der Waals surface area contributed by atoms with Crippen molar-refractivity contribution >= 4 is 35.1 Å². The van der Waals surface area contributed by atoms with Gasteiger partial charge >= 0.3 is 0 Å². The van der Waals surface area contributed by atoms with Crippen molar-refractivity contribution in [2.75, 3.05) is 16.8 Å². The Labute approximate surface area is 138 Å². The Morgan fingerprint density at radius 1 is 1.17 bits per heavy atom. The van der Waals surface area contributed by atoms with Crippen molar-refractivity contribution in [2.24, 2.45) is 0 Å². The topological polar surface area (TPSA) is 72.2 Å². The molecule has 0 atom stereocenters. The smallest absolute Gasteiger partial charge is 0.271 e. The lowest BCUT2D eigenvalue weighted by atomic mass is 10.2. The highest BCUT2D eigenvalue weighted by Crippen LogP contribution is 2.17. The highest BCUT2D eigenvalue weighted by Gasteiger charge is 2.07. The maximum Gasteiger partial charge on any atom is 0.271 e. The number of rotatable bonds is 7. The van der Waals surface area contributed by atoms with Gasteiger partial charge in [-0.3, -0.25) is 14.9 Å². The van der Waals surface area contributed by atoms with Crippen LogP contribution in [-0.2, 0) is 4.79 Å². The Bertz CT molecular complexity index is 702. The second-order valence-corrected chi connectivity index (χ2v) is 5.71. The van der Waals surface area contributed by atoms with Gasteiger partial charge in [-0.1, -0.05) is 48.6 Å². The molecule has 6 heteroatoms. The van der Waals surface area contributed by atoms with Gasteiger partial charge in [0.15, 0.2) is 0 Å². The van der Waals surface area contributed by atoms with Crippen LogP contribution in [0.15, 0.2) is 60.7 Å². The summed E-state index contributed by atoms with van der Waals surface area (Å²) in [5.74, 6) is 0.836. The van der Waals surface area contributed by atoms with Gasteiger partial charge in [-0.25, -0.2) is 0 Å². The molecule has 23 heavy (non-hydrogen) atoms. The van der Waals surface area contributed by atoms with E-state index in [9.17, 15) is 14.9 Å². The van der Waals surface area contributed by atoms with Crippen molar-refractivity contribution in [3.63, 3.8) is 0 Å². The van der Waals surface area contributed by atoms with E-state index in [-0.39, 0.29) is 11.6 Å². The van der Waals surface area contributed by atoms with Gasteiger partial charge in [-0.15, -0.1) is 11.8 Å². The second kappa shape index (κ2) is 8.75. The Hall–Kier alpha value is -2.60. The lowest BCUT2D eigenvalue weighted by molar-refractivity contribution is -0.384. The molecule has 0 saturated heterocycles. The normalized spacial score (nSPS) is 10.6. The molecule has 0 fully saturated rings. The van der Waals surface area contributed by atoms with Crippen LogP contribution in [0.2, 0.25) is 0 Å². The van der Waals surface area contributed by atoms with Crippen LogP contribution in [0.3, 0.4) is 0 Å². The molecular weight excluding hydrogens is 312 g/mol. The molecule has 0 bridgehead atoms. The van der Waals surface area contributed by atoms with Crippen molar-refractivity contribution in [1.29, 1.82) is 0 Å². The number of hydrogen-bond acceptors (Lipinski definition) is 4. The number of hydrogen-bond donors (Lipinski definition) is 1. The molecule has 1 N–H and O–H groups in total. The van der Waals surface area contributed by atoms with Gasteiger partial charge in [-0.05, 0) is 11.6 Å². The Morgan fingerprint density at radius 3 is 2.70 bits per heavy atom. The molecule has 0 aliphatic carbocycles. The van der Waals surface area contributed by atoms with Crippen LogP contribution in [0, 0.1) is 10.1 Å². The number of nitrogens with one attached hydrogen (secondary N) is 1. The molecular formula is C17H16N2O3S. The molecule has 0 unspecified atom stereocenters. The minimum absolute atomic E-state index is 0.0405. The average Bonchev–Trinajstić information content (AvgIpc) is 2.55. The first-order valence-corrected chi connectivity index (χ1v) is 8.14. The molecule has 118 valence electrons. The Kier molecular flexibility index (Phi) is 6.38. The third kappa shape index (κ3) is 5.96. The van der Waals surface area contributed by atoms with Crippen LogP contribution < -0.4 is 5.32 Å². The van der Waals surface area contributed by atoms with Crippen LogP contribution in [0.25, 0.3) is 6.08 Å². The molecule has 0 saturated carbocycles. The van der Waals surface area contributed by atoms with Gasteiger partial charge in [0.2, 0.25) is 5.91 Å². The van der Waals surface area contributed by atoms with E-state index in [1.54, 1.807) is 12.1 Å². The summed E-state index contributed by atoms with van der Waals surface area (Å²) in [4.78, 5) is 22.0. The minimum atomic E-state index is -0.487. The Balaban J connectivity index is 1.74. The number of thioether (sulfide) groups is 1. The lowest BCUT2D eigenvalue weighted by Gasteiger charge is -2.04. The maximum atomic E-state index is 11.8. The van der Waals surface area contributed by atoms with Gasteiger partial charge in [-0.2, -0.15) is 0 Å². The SMILES string of the molecule is O=C(CSC/C=C/c1ccccc1)Nc1cccc([N+](=O)[O-])c1. The number of carbonyl (C=O) groups is 1. The predicted molar refractivity (Wildman–Crippen MR) is 94.5 cm³/mol. The van der Waals surface area contributed by atoms with Gasteiger partial charge < -0.3 is 5.32 Å². The second-order valence-electron chi connectivity index (χ2n) is 4.68. The molecule has 2 aromatic rings. The molecule has 2 aromatic carbocycles. The van der Waals surface area contributed by atoms with E-state index in [1.165, 1.54) is 23.9 Å². The van der Waals surface area contributed by atoms with Crippen LogP contribution in [0.4, 0.5) is 11.4 Å². The monoisotopic (exact) mass is 328 g/mol. The van der Waals surface area contributed by atoms with Crippen LogP contribution in [-0.4, -0.2) is 22.3 Å². The number of nitrogens with zero attached hydrogens (tertiary/aromatic N) is 1. The van der Waals surface area contributed by atoms with E-state index in [0.717, 1.165) is 11.3 Å². The summed E-state index contributed by atoms with van der Waals surface area (Å²) >= 11 is 1.48. The summed E-state index contributed by atoms with van der Waals surface area (Å²) in [6.07, 6.45) is 4.01. The molecule has 0 aromatic heterocycles. The number of amides is 1. The van der Waals surface area contributed by atoms with E-state index >= 15 is 0 Å². The third-order valence-corrected chi connectivity index (χ3v) is 3.79. The number of non-ortho nitro benzene ring substituents is 1. The standard InChI is InChI=1S/C17H16N2O3S/c20-17(18-15-9-4-10-16(12-15)19(21)22)13-23-11-5-8-14-6-2-1-3-7-14/h1-10,12H,11,13H2,(H,18,20)/b8-5+.